The van der Waals surface area contributed by atoms with Crippen molar-refractivity contribution in [2.24, 2.45) is 0 Å². The van der Waals surface area contributed by atoms with Crippen LogP contribution < -0.4 is 9.47 Å². The smallest absolute Gasteiger partial charge is 0.306 e. The molecule has 0 aliphatic carbocycles. The Morgan fingerprint density at radius 1 is 1.41 bits per heavy atom. The SMILES string of the molecule is COc1cccc(OCC(=O)N2CCOC(CC(=O)O)C2)c1. The fourth-order valence-electron chi connectivity index (χ4n) is 2.19. The van der Waals surface area contributed by atoms with Crippen molar-refractivity contribution in [2.75, 3.05) is 33.4 Å². The molecule has 1 fully saturated rings. The molecule has 1 aromatic carbocycles. The Hall–Kier alpha value is -2.28. The maximum atomic E-state index is 12.1. The monoisotopic (exact) mass is 309 g/mol. The highest BCUT2D eigenvalue weighted by atomic mass is 16.5. The van der Waals surface area contributed by atoms with Crippen LogP contribution in [-0.2, 0) is 14.3 Å². The minimum atomic E-state index is -0.938. The van der Waals surface area contributed by atoms with Gasteiger partial charge in [0.1, 0.15) is 11.5 Å². The third kappa shape index (κ3) is 4.63. The number of hydrogen-bond acceptors (Lipinski definition) is 5. The Morgan fingerprint density at radius 3 is 2.91 bits per heavy atom. The Balaban J connectivity index is 1.84. The molecular formula is C15H19NO6. The van der Waals surface area contributed by atoms with Crippen LogP contribution in [0.25, 0.3) is 0 Å². The highest BCUT2D eigenvalue weighted by Gasteiger charge is 2.26. The second-order valence-corrected chi connectivity index (χ2v) is 4.90. The van der Waals surface area contributed by atoms with E-state index in [1.165, 1.54) is 0 Å². The standard InChI is InChI=1S/C15H19NO6/c1-20-11-3-2-4-12(7-11)22-10-14(17)16-5-6-21-13(9-16)8-15(18)19/h2-4,7,13H,5-6,8-10H2,1H3,(H,18,19). The van der Waals surface area contributed by atoms with Crippen LogP contribution in [0.5, 0.6) is 11.5 Å². The molecule has 0 bridgehead atoms. The maximum Gasteiger partial charge on any atom is 0.306 e. The second-order valence-electron chi connectivity index (χ2n) is 4.90. The van der Waals surface area contributed by atoms with Crippen LogP contribution in [0.4, 0.5) is 0 Å². The van der Waals surface area contributed by atoms with Gasteiger partial charge in [-0.3, -0.25) is 9.59 Å². The van der Waals surface area contributed by atoms with E-state index in [1.807, 2.05) is 0 Å². The van der Waals surface area contributed by atoms with E-state index in [4.69, 9.17) is 19.3 Å². The van der Waals surface area contributed by atoms with Crippen LogP contribution >= 0.6 is 0 Å². The molecule has 7 heteroatoms. The summed E-state index contributed by atoms with van der Waals surface area (Å²) in [5.74, 6) is 0.0642. The van der Waals surface area contributed by atoms with Gasteiger partial charge in [0.25, 0.3) is 5.91 Å². The van der Waals surface area contributed by atoms with Crippen molar-refractivity contribution in [2.45, 2.75) is 12.5 Å². The second kappa shape index (κ2) is 7.65. The van der Waals surface area contributed by atoms with Gasteiger partial charge >= 0.3 is 5.97 Å². The van der Waals surface area contributed by atoms with Gasteiger partial charge in [0.05, 0.1) is 26.2 Å². The van der Waals surface area contributed by atoms with Crippen molar-refractivity contribution >= 4 is 11.9 Å². The van der Waals surface area contributed by atoms with Crippen LogP contribution in [0.15, 0.2) is 24.3 Å². The third-order valence-electron chi connectivity index (χ3n) is 3.30. The fraction of sp³-hybridized carbons (Fsp3) is 0.467. The van der Waals surface area contributed by atoms with E-state index in [9.17, 15) is 9.59 Å². The summed E-state index contributed by atoms with van der Waals surface area (Å²) in [5, 5.41) is 8.77. The number of rotatable bonds is 6. The zero-order chi connectivity index (χ0) is 15.9. The highest BCUT2D eigenvalue weighted by molar-refractivity contribution is 5.78. The first-order valence-corrected chi connectivity index (χ1v) is 6.96. The molecule has 1 heterocycles. The normalized spacial score (nSPS) is 17.9. The average molecular weight is 309 g/mol. The van der Waals surface area contributed by atoms with Crippen LogP contribution in [0.1, 0.15) is 6.42 Å². The van der Waals surface area contributed by atoms with E-state index in [2.05, 4.69) is 0 Å². The van der Waals surface area contributed by atoms with E-state index in [1.54, 1.807) is 36.3 Å². The lowest BCUT2D eigenvalue weighted by molar-refractivity contribution is -0.148. The highest BCUT2D eigenvalue weighted by Crippen LogP contribution is 2.19. The molecule has 0 spiro atoms. The summed E-state index contributed by atoms with van der Waals surface area (Å²) in [7, 11) is 1.56. The number of carboxylic acid groups (broad SMARTS) is 1. The Morgan fingerprint density at radius 2 is 2.18 bits per heavy atom. The number of nitrogens with zero attached hydrogens (tertiary/aromatic N) is 1. The van der Waals surface area contributed by atoms with E-state index in [0.717, 1.165) is 0 Å². The summed E-state index contributed by atoms with van der Waals surface area (Å²) < 4.78 is 15.9. The molecule has 2 rings (SSSR count). The number of methoxy groups -OCH3 is 1. The number of carboxylic acids is 1. The molecule has 0 radical (unpaired) electrons. The van der Waals surface area contributed by atoms with Crippen molar-refractivity contribution in [3.63, 3.8) is 0 Å². The van der Waals surface area contributed by atoms with Crippen LogP contribution in [0.2, 0.25) is 0 Å². The molecule has 7 nitrogen and oxygen atoms in total. The van der Waals surface area contributed by atoms with Crippen molar-refractivity contribution in [3.8, 4) is 11.5 Å². The van der Waals surface area contributed by atoms with E-state index >= 15 is 0 Å². The molecule has 0 aromatic heterocycles. The first kappa shape index (κ1) is 16.1. The summed E-state index contributed by atoms with van der Waals surface area (Å²) in [5.41, 5.74) is 0. The van der Waals surface area contributed by atoms with Gasteiger partial charge in [-0.1, -0.05) is 6.07 Å². The van der Waals surface area contributed by atoms with Gasteiger partial charge in [-0.2, -0.15) is 0 Å². The minimum Gasteiger partial charge on any atom is -0.497 e. The number of carbonyl (C=O) groups is 2. The number of ether oxygens (including phenoxy) is 3. The first-order valence-electron chi connectivity index (χ1n) is 6.96. The lowest BCUT2D eigenvalue weighted by atomic mass is 10.2. The quantitative estimate of drug-likeness (QED) is 0.835. The Bertz CT molecular complexity index is 533. The van der Waals surface area contributed by atoms with Crippen LogP contribution in [-0.4, -0.2) is 61.4 Å². The molecular weight excluding hydrogens is 290 g/mol. The van der Waals surface area contributed by atoms with E-state index in [0.29, 0.717) is 24.7 Å². The molecule has 22 heavy (non-hydrogen) atoms. The molecule has 1 N–H and O–H groups in total. The average Bonchev–Trinajstić information content (AvgIpc) is 2.52. The molecule has 120 valence electrons. The number of amides is 1. The molecule has 1 aromatic rings. The van der Waals surface area contributed by atoms with Crippen molar-refractivity contribution < 1.29 is 28.9 Å². The summed E-state index contributed by atoms with van der Waals surface area (Å²) in [6.45, 7) is 0.943. The van der Waals surface area contributed by atoms with Gasteiger partial charge in [0, 0.05) is 19.2 Å². The van der Waals surface area contributed by atoms with Crippen molar-refractivity contribution in [3.05, 3.63) is 24.3 Å². The molecule has 0 saturated carbocycles. The molecule has 1 amide bonds. The lowest BCUT2D eigenvalue weighted by Crippen LogP contribution is -2.47. The zero-order valence-corrected chi connectivity index (χ0v) is 12.4. The molecule has 1 unspecified atom stereocenters. The van der Waals surface area contributed by atoms with Crippen molar-refractivity contribution in [1.82, 2.24) is 4.90 Å². The van der Waals surface area contributed by atoms with E-state index < -0.39 is 12.1 Å². The van der Waals surface area contributed by atoms with Crippen molar-refractivity contribution in [1.29, 1.82) is 0 Å². The van der Waals surface area contributed by atoms with Gasteiger partial charge in [0.15, 0.2) is 6.61 Å². The summed E-state index contributed by atoms with van der Waals surface area (Å²) in [6, 6.07) is 6.99. The molecule has 1 aliphatic heterocycles. The number of carbonyl (C=O) groups excluding carboxylic acids is 1. The Kier molecular flexibility index (Phi) is 5.60. The maximum absolute atomic E-state index is 12.1. The van der Waals surface area contributed by atoms with Gasteiger partial charge in [-0.25, -0.2) is 0 Å². The zero-order valence-electron chi connectivity index (χ0n) is 12.4. The topological polar surface area (TPSA) is 85.3 Å². The predicted molar refractivity (Wildman–Crippen MR) is 77.1 cm³/mol. The number of morpholine rings is 1. The van der Waals surface area contributed by atoms with Crippen LogP contribution in [0.3, 0.4) is 0 Å². The number of benzene rings is 1. The van der Waals surface area contributed by atoms with Gasteiger partial charge in [0.2, 0.25) is 0 Å². The van der Waals surface area contributed by atoms with Gasteiger partial charge < -0.3 is 24.2 Å². The molecule has 1 aliphatic rings. The minimum absolute atomic E-state index is 0.104. The largest absolute Gasteiger partial charge is 0.497 e. The number of aliphatic carboxylic acids is 1. The fourth-order valence-corrected chi connectivity index (χ4v) is 2.19. The van der Waals surface area contributed by atoms with Crippen LogP contribution in [0, 0.1) is 0 Å². The first-order chi connectivity index (χ1) is 10.6. The van der Waals surface area contributed by atoms with Gasteiger partial charge in [-0.15, -0.1) is 0 Å². The molecule has 1 atom stereocenters. The van der Waals surface area contributed by atoms with E-state index in [-0.39, 0.29) is 25.5 Å². The Labute approximate surface area is 128 Å². The summed E-state index contributed by atoms with van der Waals surface area (Å²) >= 11 is 0. The lowest BCUT2D eigenvalue weighted by Gasteiger charge is -2.32. The molecule has 1 saturated heterocycles. The predicted octanol–water partition coefficient (Wildman–Crippen LogP) is 0.776. The summed E-state index contributed by atoms with van der Waals surface area (Å²) in [4.78, 5) is 24.4. The van der Waals surface area contributed by atoms with Gasteiger partial charge in [-0.05, 0) is 12.1 Å². The number of hydrogen-bond donors (Lipinski definition) is 1. The third-order valence-corrected chi connectivity index (χ3v) is 3.30. The summed E-state index contributed by atoms with van der Waals surface area (Å²) in [6.07, 6.45) is -0.576.